The van der Waals surface area contributed by atoms with Gasteiger partial charge in [-0.2, -0.15) is 5.26 Å². The Morgan fingerprint density at radius 2 is 1.97 bits per heavy atom. The standard InChI is InChI=1S/C22H19N3O4/c1-13-19(10-16-7-8-18(28-3)11-20(16)24-13)22(27)29-14(2)21(26)25-17-6-4-5-15(9-17)12-23/h4-11,14H,1-3H3,(H,25,26). The largest absolute Gasteiger partial charge is 0.497 e. The average molecular weight is 389 g/mol. The molecule has 0 bridgehead atoms. The van der Waals surface area contributed by atoms with Crippen LogP contribution in [0.5, 0.6) is 5.75 Å². The molecule has 146 valence electrons. The van der Waals surface area contributed by atoms with Gasteiger partial charge >= 0.3 is 5.97 Å². The molecule has 3 rings (SSSR count). The van der Waals surface area contributed by atoms with Crippen LogP contribution in [-0.4, -0.2) is 30.1 Å². The first-order valence-electron chi connectivity index (χ1n) is 8.88. The van der Waals surface area contributed by atoms with Crippen LogP contribution in [-0.2, 0) is 9.53 Å². The fourth-order valence-electron chi connectivity index (χ4n) is 2.76. The molecule has 0 aliphatic heterocycles. The Balaban J connectivity index is 1.74. The average Bonchev–Trinajstić information content (AvgIpc) is 2.72. The first-order valence-corrected chi connectivity index (χ1v) is 8.88. The summed E-state index contributed by atoms with van der Waals surface area (Å²) in [5, 5.41) is 12.3. The van der Waals surface area contributed by atoms with Crippen LogP contribution in [0.2, 0.25) is 0 Å². The number of carbonyl (C=O) groups excluding carboxylic acids is 2. The number of rotatable bonds is 5. The number of hydrogen-bond acceptors (Lipinski definition) is 6. The predicted molar refractivity (Wildman–Crippen MR) is 108 cm³/mol. The molecule has 0 spiro atoms. The summed E-state index contributed by atoms with van der Waals surface area (Å²) >= 11 is 0. The number of benzene rings is 2. The van der Waals surface area contributed by atoms with Gasteiger partial charge in [-0.15, -0.1) is 0 Å². The van der Waals surface area contributed by atoms with Crippen molar-refractivity contribution in [3.05, 3.63) is 65.4 Å². The molecule has 0 saturated heterocycles. The number of aromatic nitrogens is 1. The minimum atomic E-state index is -1.03. The van der Waals surface area contributed by atoms with Crippen LogP contribution in [0.3, 0.4) is 0 Å². The maximum absolute atomic E-state index is 12.6. The van der Waals surface area contributed by atoms with E-state index in [4.69, 9.17) is 14.7 Å². The van der Waals surface area contributed by atoms with Gasteiger partial charge in [-0.1, -0.05) is 6.07 Å². The minimum Gasteiger partial charge on any atom is -0.497 e. The molecule has 1 atom stereocenters. The quantitative estimate of drug-likeness (QED) is 0.669. The van der Waals surface area contributed by atoms with Gasteiger partial charge in [0, 0.05) is 17.1 Å². The number of aryl methyl sites for hydroxylation is 1. The molecule has 0 aliphatic rings. The molecule has 2 aromatic carbocycles. The lowest BCUT2D eigenvalue weighted by Crippen LogP contribution is -2.30. The summed E-state index contributed by atoms with van der Waals surface area (Å²) in [5.41, 5.74) is 2.34. The van der Waals surface area contributed by atoms with Gasteiger partial charge in [0.25, 0.3) is 5.91 Å². The van der Waals surface area contributed by atoms with Crippen LogP contribution >= 0.6 is 0 Å². The van der Waals surface area contributed by atoms with E-state index in [9.17, 15) is 9.59 Å². The highest BCUT2D eigenvalue weighted by Crippen LogP contribution is 2.22. The number of pyridine rings is 1. The molecule has 0 fully saturated rings. The van der Waals surface area contributed by atoms with Gasteiger partial charge in [-0.05, 0) is 50.2 Å². The molecule has 0 radical (unpaired) electrons. The van der Waals surface area contributed by atoms with E-state index in [1.54, 1.807) is 56.5 Å². The molecular weight excluding hydrogens is 370 g/mol. The van der Waals surface area contributed by atoms with Crippen molar-refractivity contribution in [2.24, 2.45) is 0 Å². The number of ether oxygens (including phenoxy) is 2. The third kappa shape index (κ3) is 4.50. The number of anilines is 1. The van der Waals surface area contributed by atoms with Crippen molar-refractivity contribution in [2.45, 2.75) is 20.0 Å². The Morgan fingerprint density at radius 3 is 2.69 bits per heavy atom. The van der Waals surface area contributed by atoms with Gasteiger partial charge in [0.05, 0.1) is 35.5 Å². The van der Waals surface area contributed by atoms with Crippen molar-refractivity contribution >= 4 is 28.5 Å². The second-order valence-electron chi connectivity index (χ2n) is 6.41. The predicted octanol–water partition coefficient (Wildman–Crippen LogP) is 3.61. The Bertz CT molecular complexity index is 1130. The van der Waals surface area contributed by atoms with Crippen molar-refractivity contribution in [1.29, 1.82) is 5.26 Å². The highest BCUT2D eigenvalue weighted by molar-refractivity contribution is 5.99. The monoisotopic (exact) mass is 389 g/mol. The maximum Gasteiger partial charge on any atom is 0.340 e. The van der Waals surface area contributed by atoms with E-state index in [2.05, 4.69) is 10.3 Å². The van der Waals surface area contributed by atoms with Gasteiger partial charge in [-0.3, -0.25) is 9.78 Å². The summed E-state index contributed by atoms with van der Waals surface area (Å²) in [6, 6.07) is 15.5. The number of carbonyl (C=O) groups is 2. The van der Waals surface area contributed by atoms with E-state index < -0.39 is 18.0 Å². The fraction of sp³-hybridized carbons (Fsp3) is 0.182. The van der Waals surface area contributed by atoms with Crippen molar-refractivity contribution < 1.29 is 19.1 Å². The van der Waals surface area contributed by atoms with Crippen LogP contribution in [0.4, 0.5) is 5.69 Å². The summed E-state index contributed by atoms with van der Waals surface area (Å²) in [6.07, 6.45) is -1.03. The van der Waals surface area contributed by atoms with E-state index in [1.165, 1.54) is 13.0 Å². The van der Waals surface area contributed by atoms with E-state index in [0.29, 0.717) is 28.2 Å². The SMILES string of the molecule is COc1ccc2cc(C(=O)OC(C)C(=O)Nc3cccc(C#N)c3)c(C)nc2c1. The highest BCUT2D eigenvalue weighted by atomic mass is 16.5. The van der Waals surface area contributed by atoms with Gasteiger partial charge < -0.3 is 14.8 Å². The molecule has 1 amide bonds. The van der Waals surface area contributed by atoms with Crippen molar-refractivity contribution in [2.75, 3.05) is 12.4 Å². The Kier molecular flexibility index (Phi) is 5.74. The molecule has 1 N–H and O–H groups in total. The molecule has 29 heavy (non-hydrogen) atoms. The number of nitrogens with one attached hydrogen (secondary N) is 1. The molecule has 0 aliphatic carbocycles. The Labute approximate surface area is 167 Å². The zero-order valence-electron chi connectivity index (χ0n) is 16.2. The molecule has 7 nitrogen and oxygen atoms in total. The summed E-state index contributed by atoms with van der Waals surface area (Å²) in [6.45, 7) is 3.18. The number of nitrogens with zero attached hydrogens (tertiary/aromatic N) is 2. The minimum absolute atomic E-state index is 0.286. The van der Waals surface area contributed by atoms with E-state index in [1.807, 2.05) is 6.07 Å². The smallest absolute Gasteiger partial charge is 0.340 e. The summed E-state index contributed by atoms with van der Waals surface area (Å²) in [5.74, 6) is -0.462. The molecular formula is C22H19N3O4. The molecule has 1 heterocycles. The lowest BCUT2D eigenvalue weighted by Gasteiger charge is -2.15. The number of fused-ring (bicyclic) bond motifs is 1. The van der Waals surface area contributed by atoms with Crippen molar-refractivity contribution in [1.82, 2.24) is 4.98 Å². The second-order valence-corrected chi connectivity index (χ2v) is 6.41. The molecule has 1 unspecified atom stereocenters. The topological polar surface area (TPSA) is 101 Å². The Hall–Kier alpha value is -3.92. The first kappa shape index (κ1) is 19.8. The van der Waals surface area contributed by atoms with Crippen LogP contribution in [0, 0.1) is 18.3 Å². The lowest BCUT2D eigenvalue weighted by molar-refractivity contribution is -0.123. The van der Waals surface area contributed by atoms with E-state index in [0.717, 1.165) is 5.39 Å². The van der Waals surface area contributed by atoms with Crippen LogP contribution in [0.15, 0.2) is 48.5 Å². The van der Waals surface area contributed by atoms with Crippen molar-refractivity contribution in [3.8, 4) is 11.8 Å². The van der Waals surface area contributed by atoms with Crippen molar-refractivity contribution in [3.63, 3.8) is 0 Å². The summed E-state index contributed by atoms with van der Waals surface area (Å²) in [7, 11) is 1.57. The summed E-state index contributed by atoms with van der Waals surface area (Å²) in [4.78, 5) is 29.4. The number of esters is 1. The zero-order valence-corrected chi connectivity index (χ0v) is 16.2. The van der Waals surface area contributed by atoms with Gasteiger partial charge in [-0.25, -0.2) is 4.79 Å². The van der Waals surface area contributed by atoms with E-state index in [-0.39, 0.29) is 5.56 Å². The van der Waals surface area contributed by atoms with Crippen LogP contribution in [0.25, 0.3) is 10.9 Å². The zero-order chi connectivity index (χ0) is 21.0. The third-order valence-electron chi connectivity index (χ3n) is 4.35. The molecule has 7 heteroatoms. The van der Waals surface area contributed by atoms with Crippen LogP contribution < -0.4 is 10.1 Å². The summed E-state index contributed by atoms with van der Waals surface area (Å²) < 4.78 is 10.5. The second kappa shape index (κ2) is 8.40. The number of methoxy groups -OCH3 is 1. The number of hydrogen-bond donors (Lipinski definition) is 1. The van der Waals surface area contributed by atoms with Gasteiger partial charge in [0.2, 0.25) is 0 Å². The molecule has 1 aromatic heterocycles. The van der Waals surface area contributed by atoms with Crippen LogP contribution in [0.1, 0.15) is 28.5 Å². The first-order chi connectivity index (χ1) is 13.9. The normalized spacial score (nSPS) is 11.4. The van der Waals surface area contributed by atoms with Gasteiger partial charge in [0.15, 0.2) is 6.10 Å². The molecule has 0 saturated carbocycles. The molecule has 3 aromatic rings. The Morgan fingerprint density at radius 1 is 1.17 bits per heavy atom. The number of amides is 1. The lowest BCUT2D eigenvalue weighted by atomic mass is 10.1. The van der Waals surface area contributed by atoms with Gasteiger partial charge in [0.1, 0.15) is 5.75 Å². The number of nitriles is 1. The fourth-order valence-corrected chi connectivity index (χ4v) is 2.76. The maximum atomic E-state index is 12.6. The highest BCUT2D eigenvalue weighted by Gasteiger charge is 2.21. The van der Waals surface area contributed by atoms with E-state index >= 15 is 0 Å². The third-order valence-corrected chi connectivity index (χ3v) is 4.35.